The number of nitrogens with one attached hydrogen (secondary N) is 1. The highest BCUT2D eigenvalue weighted by Crippen LogP contribution is 2.67. The number of ether oxygens (including phenoxy) is 1. The molecule has 6 N–H and O–H groups in total. The minimum absolute atomic E-state index is 0.00987. The Morgan fingerprint density at radius 2 is 1.82 bits per heavy atom. The molecule has 39 heavy (non-hydrogen) atoms. The maximum Gasteiger partial charge on any atom is 0.204 e. The second-order valence-electron chi connectivity index (χ2n) is 10.8. The lowest BCUT2D eigenvalue weighted by Crippen LogP contribution is -2.35. The second-order valence-corrected chi connectivity index (χ2v) is 10.8. The smallest absolute Gasteiger partial charge is 0.204 e. The van der Waals surface area contributed by atoms with E-state index in [-0.39, 0.29) is 18.6 Å². The van der Waals surface area contributed by atoms with Gasteiger partial charge in [0.2, 0.25) is 5.95 Å². The summed E-state index contributed by atoms with van der Waals surface area (Å²) in [5.74, 6) is 1.45. The zero-order chi connectivity index (χ0) is 27.0. The number of benzene rings is 3. The van der Waals surface area contributed by atoms with Crippen molar-refractivity contribution >= 4 is 17.0 Å². The van der Waals surface area contributed by atoms with Gasteiger partial charge in [-0.3, -0.25) is 0 Å². The minimum atomic E-state index is -0.979. The third-order valence-electron chi connectivity index (χ3n) is 8.48. The first kappa shape index (κ1) is 25.8. The third-order valence-corrected chi connectivity index (χ3v) is 8.48. The molecule has 1 aromatic heterocycles. The summed E-state index contributed by atoms with van der Waals surface area (Å²) in [6.07, 6.45) is 0.551. The van der Waals surface area contributed by atoms with Gasteiger partial charge >= 0.3 is 0 Å². The van der Waals surface area contributed by atoms with Crippen molar-refractivity contribution in [3.8, 4) is 16.9 Å². The normalized spacial score (nSPS) is 25.5. The Morgan fingerprint density at radius 1 is 1.03 bits per heavy atom. The largest absolute Gasteiger partial charge is 0.493 e. The molecule has 8 nitrogen and oxygen atoms in total. The lowest BCUT2D eigenvalue weighted by Gasteiger charge is -2.25. The zero-order valence-corrected chi connectivity index (χ0v) is 21.9. The predicted molar refractivity (Wildman–Crippen MR) is 151 cm³/mol. The van der Waals surface area contributed by atoms with Crippen LogP contribution in [0.5, 0.6) is 5.75 Å². The number of nitrogens with two attached hydrogens (primary N) is 1. The molecule has 0 bridgehead atoms. The minimum Gasteiger partial charge on any atom is -0.493 e. The van der Waals surface area contributed by atoms with Crippen molar-refractivity contribution < 1.29 is 20.1 Å². The van der Waals surface area contributed by atoms with Gasteiger partial charge in [0.15, 0.2) is 0 Å². The molecule has 2 aliphatic rings. The molecule has 5 unspecified atom stereocenters. The number of imidazole rings is 1. The molecule has 2 saturated carbocycles. The molecular weight excluding hydrogens is 492 g/mol. The van der Waals surface area contributed by atoms with Crippen LogP contribution in [0, 0.1) is 11.3 Å². The summed E-state index contributed by atoms with van der Waals surface area (Å²) in [6.45, 7) is 1.61. The monoisotopic (exact) mass is 528 g/mol. The number of hydrogen-bond donors (Lipinski definition) is 5. The van der Waals surface area contributed by atoms with E-state index in [0.717, 1.165) is 46.3 Å². The number of unbranched alkanes of at least 4 members (excludes halogenated alkanes) is 1. The average molecular weight is 529 g/mol. The molecule has 5 atom stereocenters. The number of aliphatic hydroxyl groups excluding tert-OH is 3. The summed E-state index contributed by atoms with van der Waals surface area (Å²) < 4.78 is 8.23. The topological polar surface area (TPSA) is 126 Å². The summed E-state index contributed by atoms with van der Waals surface area (Å²) in [5.41, 5.74) is 9.90. The van der Waals surface area contributed by atoms with Crippen molar-refractivity contribution in [2.24, 2.45) is 17.1 Å². The molecule has 2 aliphatic carbocycles. The van der Waals surface area contributed by atoms with Crippen LogP contribution in [0.4, 0.5) is 5.95 Å². The third kappa shape index (κ3) is 4.57. The number of fused-ring (bicyclic) bond motifs is 2. The molecule has 3 aromatic carbocycles. The average Bonchev–Trinajstić information content (AvgIpc) is 3.54. The summed E-state index contributed by atoms with van der Waals surface area (Å²) in [4.78, 5) is 4.84. The van der Waals surface area contributed by atoms with Crippen LogP contribution in [-0.2, 0) is 6.54 Å². The fraction of sp³-hybridized carbons (Fsp3) is 0.387. The lowest BCUT2D eigenvalue weighted by atomic mass is 10.0. The van der Waals surface area contributed by atoms with Crippen LogP contribution in [0.1, 0.15) is 30.9 Å². The second kappa shape index (κ2) is 10.6. The van der Waals surface area contributed by atoms with Crippen LogP contribution in [0.15, 0.2) is 72.8 Å². The molecular formula is C31H36N4O4. The van der Waals surface area contributed by atoms with Gasteiger partial charge in [-0.05, 0) is 61.1 Å². The molecule has 4 aromatic rings. The number of anilines is 1. The summed E-state index contributed by atoms with van der Waals surface area (Å²) in [5, 5.41) is 35.3. The predicted octanol–water partition coefficient (Wildman–Crippen LogP) is 3.71. The Bertz CT molecular complexity index is 1440. The molecule has 0 aliphatic heterocycles. The van der Waals surface area contributed by atoms with Gasteiger partial charge in [0.05, 0.1) is 36.4 Å². The van der Waals surface area contributed by atoms with E-state index in [1.165, 1.54) is 0 Å². The molecule has 1 heterocycles. The first-order valence-corrected chi connectivity index (χ1v) is 13.8. The summed E-state index contributed by atoms with van der Waals surface area (Å²) in [7, 11) is 0. The Morgan fingerprint density at radius 3 is 2.59 bits per heavy atom. The first-order valence-electron chi connectivity index (χ1n) is 13.8. The maximum atomic E-state index is 11.0. The quantitative estimate of drug-likeness (QED) is 0.188. The van der Waals surface area contributed by atoms with Gasteiger partial charge in [-0.1, -0.05) is 54.6 Å². The van der Waals surface area contributed by atoms with Crippen LogP contribution in [0.25, 0.3) is 22.2 Å². The fourth-order valence-electron chi connectivity index (χ4n) is 6.26. The van der Waals surface area contributed by atoms with Crippen LogP contribution in [-0.4, -0.2) is 56.8 Å². The number of aliphatic hydroxyl groups is 3. The van der Waals surface area contributed by atoms with Crippen LogP contribution in [0.2, 0.25) is 0 Å². The van der Waals surface area contributed by atoms with Crippen molar-refractivity contribution in [3.05, 3.63) is 78.4 Å². The van der Waals surface area contributed by atoms with Gasteiger partial charge in [-0.25, -0.2) is 4.98 Å². The molecule has 0 spiro atoms. The molecule has 8 heteroatoms. The van der Waals surface area contributed by atoms with Gasteiger partial charge in [0.1, 0.15) is 11.9 Å². The van der Waals surface area contributed by atoms with E-state index in [1.807, 2.05) is 47.0 Å². The van der Waals surface area contributed by atoms with Crippen LogP contribution in [0.3, 0.4) is 0 Å². The first-order chi connectivity index (χ1) is 19.1. The highest BCUT2D eigenvalue weighted by molar-refractivity contribution is 5.79. The Labute approximate surface area is 228 Å². The number of aromatic nitrogens is 2. The zero-order valence-electron chi connectivity index (χ0n) is 21.9. The van der Waals surface area contributed by atoms with E-state index in [1.54, 1.807) is 0 Å². The van der Waals surface area contributed by atoms with Gasteiger partial charge in [-0.2, -0.15) is 0 Å². The number of para-hydroxylation sites is 2. The van der Waals surface area contributed by atoms with Crippen molar-refractivity contribution in [2.75, 3.05) is 25.1 Å². The van der Waals surface area contributed by atoms with Crippen molar-refractivity contribution in [1.82, 2.24) is 9.55 Å². The highest BCUT2D eigenvalue weighted by Gasteiger charge is 2.71. The molecule has 6 rings (SSSR count). The van der Waals surface area contributed by atoms with Gasteiger partial charge in [-0.15, -0.1) is 0 Å². The van der Waals surface area contributed by atoms with E-state index >= 15 is 0 Å². The molecule has 0 amide bonds. The molecule has 0 radical (unpaired) electrons. The van der Waals surface area contributed by atoms with E-state index in [2.05, 4.69) is 35.6 Å². The molecule has 204 valence electrons. The van der Waals surface area contributed by atoms with Gasteiger partial charge < -0.3 is 35.7 Å². The Balaban J connectivity index is 1.29. The van der Waals surface area contributed by atoms with Crippen LogP contribution >= 0.6 is 0 Å². The summed E-state index contributed by atoms with van der Waals surface area (Å²) >= 11 is 0. The van der Waals surface area contributed by atoms with Crippen molar-refractivity contribution in [3.63, 3.8) is 0 Å². The van der Waals surface area contributed by atoms with E-state index in [4.69, 9.17) is 15.5 Å². The molecule has 0 saturated heterocycles. The van der Waals surface area contributed by atoms with Crippen molar-refractivity contribution in [1.29, 1.82) is 0 Å². The van der Waals surface area contributed by atoms with E-state index in [0.29, 0.717) is 32.1 Å². The van der Waals surface area contributed by atoms with E-state index in [9.17, 15) is 15.3 Å². The summed E-state index contributed by atoms with van der Waals surface area (Å²) in [6, 6.07) is 23.9. The highest BCUT2D eigenvalue weighted by atomic mass is 16.5. The fourth-order valence-corrected chi connectivity index (χ4v) is 6.26. The SMILES string of the molecule is NCCCCOc1cc(CNc2nc3ccccc3n2C2C(O)C(O)C3(CO)CC23)ccc1-c1ccccc1. The van der Waals surface area contributed by atoms with E-state index < -0.39 is 17.6 Å². The van der Waals surface area contributed by atoms with Gasteiger partial charge in [0.25, 0.3) is 0 Å². The van der Waals surface area contributed by atoms with Gasteiger partial charge in [0, 0.05) is 17.5 Å². The van der Waals surface area contributed by atoms with Crippen molar-refractivity contribution in [2.45, 2.75) is 44.1 Å². The Kier molecular flexibility index (Phi) is 7.03. The molecule has 2 fully saturated rings. The lowest BCUT2D eigenvalue weighted by molar-refractivity contribution is -0.0298. The number of hydrogen-bond acceptors (Lipinski definition) is 7. The standard InChI is InChI=1S/C31H36N4O4/c32-14-6-7-15-39-26-16-20(12-13-22(26)21-8-2-1-3-9-21)18-33-30-34-24-10-4-5-11-25(24)35(30)27-23-17-31(23,19-36)29(38)28(27)37/h1-5,8-13,16,23,27-29,36-38H,6-7,14-15,17-19,32H2,(H,33,34). The maximum absolute atomic E-state index is 11.0. The van der Waals surface area contributed by atoms with Crippen LogP contribution < -0.4 is 15.8 Å². The number of rotatable bonds is 11. The number of nitrogens with zero attached hydrogens (tertiary/aromatic N) is 2. The Hall–Kier alpha value is -3.43.